The van der Waals surface area contributed by atoms with E-state index in [1.54, 1.807) is 41.1 Å². The summed E-state index contributed by atoms with van der Waals surface area (Å²) < 4.78 is 14.1. The summed E-state index contributed by atoms with van der Waals surface area (Å²) in [7, 11) is 1.72. The van der Waals surface area contributed by atoms with Crippen LogP contribution in [-0.4, -0.2) is 54.6 Å². The molecule has 29 heavy (non-hydrogen) atoms. The number of fused-ring (bicyclic) bond motifs is 1. The second kappa shape index (κ2) is 7.62. The van der Waals surface area contributed by atoms with E-state index in [2.05, 4.69) is 10.6 Å². The number of nitrogens with zero attached hydrogens (tertiary/aromatic N) is 3. The van der Waals surface area contributed by atoms with Crippen molar-refractivity contribution in [1.29, 1.82) is 0 Å². The molecule has 0 aromatic heterocycles. The van der Waals surface area contributed by atoms with Gasteiger partial charge in [-0.1, -0.05) is 12.1 Å². The highest BCUT2D eigenvalue weighted by Crippen LogP contribution is 2.27. The van der Waals surface area contributed by atoms with E-state index in [4.69, 9.17) is 0 Å². The lowest BCUT2D eigenvalue weighted by atomic mass is 10.1. The average Bonchev–Trinajstić information content (AvgIpc) is 2.69. The van der Waals surface area contributed by atoms with Gasteiger partial charge in [0.25, 0.3) is 0 Å². The number of rotatable bonds is 2. The summed E-state index contributed by atoms with van der Waals surface area (Å²) in [5.41, 5.74) is 2.96. The molecular weight excluding hydrogens is 373 g/mol. The van der Waals surface area contributed by atoms with Crippen molar-refractivity contribution in [3.63, 3.8) is 0 Å². The lowest BCUT2D eigenvalue weighted by Crippen LogP contribution is -2.55. The number of hydrogen-bond acceptors (Lipinski definition) is 3. The highest BCUT2D eigenvalue weighted by atomic mass is 19.1. The van der Waals surface area contributed by atoms with Crippen molar-refractivity contribution in [2.24, 2.45) is 0 Å². The molecule has 2 aliphatic rings. The van der Waals surface area contributed by atoms with Gasteiger partial charge in [0.05, 0.1) is 5.69 Å². The van der Waals surface area contributed by atoms with Gasteiger partial charge >= 0.3 is 12.1 Å². The lowest BCUT2D eigenvalue weighted by Gasteiger charge is -2.41. The van der Waals surface area contributed by atoms with Gasteiger partial charge in [-0.15, -0.1) is 0 Å². The number of nitrogens with one attached hydrogen (secondary N) is 2. The van der Waals surface area contributed by atoms with Crippen LogP contribution in [-0.2, 0) is 6.54 Å². The first-order chi connectivity index (χ1) is 13.9. The number of amides is 4. The summed E-state index contributed by atoms with van der Waals surface area (Å²) in [5, 5.41) is 5.76. The van der Waals surface area contributed by atoms with Crippen LogP contribution in [0.2, 0.25) is 0 Å². The summed E-state index contributed by atoms with van der Waals surface area (Å²) >= 11 is 0. The number of halogens is 1. The van der Waals surface area contributed by atoms with Crippen molar-refractivity contribution in [3.8, 4) is 0 Å². The molecular formula is C21H24FN5O2. The summed E-state index contributed by atoms with van der Waals surface area (Å²) in [6, 6.07) is 11.8. The molecule has 2 N–H and O–H groups in total. The van der Waals surface area contributed by atoms with Crippen LogP contribution in [0.3, 0.4) is 0 Å². The summed E-state index contributed by atoms with van der Waals surface area (Å²) in [6.07, 6.45) is 0. The molecule has 1 unspecified atom stereocenters. The van der Waals surface area contributed by atoms with Crippen LogP contribution in [0.25, 0.3) is 0 Å². The van der Waals surface area contributed by atoms with E-state index < -0.39 is 0 Å². The number of anilines is 3. The Morgan fingerprint density at radius 3 is 2.76 bits per heavy atom. The molecule has 1 fully saturated rings. The van der Waals surface area contributed by atoms with Gasteiger partial charge in [0, 0.05) is 50.6 Å². The maximum absolute atomic E-state index is 14.1. The quantitative estimate of drug-likeness (QED) is 0.815. The number of para-hydroxylation sites is 1. The van der Waals surface area contributed by atoms with Crippen LogP contribution in [0, 0.1) is 5.82 Å². The normalized spacial score (nSPS) is 18.9. The first-order valence-electron chi connectivity index (χ1n) is 9.64. The number of carbonyl (C=O) groups excluding carboxylic acids is 2. The van der Waals surface area contributed by atoms with Crippen molar-refractivity contribution in [1.82, 2.24) is 9.80 Å². The molecule has 4 amide bonds. The van der Waals surface area contributed by atoms with Crippen LogP contribution >= 0.6 is 0 Å². The third-order valence-corrected chi connectivity index (χ3v) is 5.43. The summed E-state index contributed by atoms with van der Waals surface area (Å²) in [6.45, 7) is 4.09. The molecule has 4 rings (SSSR count). The monoisotopic (exact) mass is 397 g/mol. The highest BCUT2D eigenvalue weighted by molar-refractivity contribution is 5.94. The Morgan fingerprint density at radius 1 is 1.21 bits per heavy atom. The minimum absolute atomic E-state index is 0.0635. The van der Waals surface area contributed by atoms with Gasteiger partial charge in [-0.2, -0.15) is 0 Å². The van der Waals surface area contributed by atoms with Gasteiger partial charge < -0.3 is 25.3 Å². The maximum atomic E-state index is 14.1. The molecule has 2 aromatic rings. The smallest absolute Gasteiger partial charge is 0.322 e. The molecule has 2 heterocycles. The zero-order chi connectivity index (χ0) is 20.5. The molecule has 0 bridgehead atoms. The van der Waals surface area contributed by atoms with Gasteiger partial charge in [0.2, 0.25) is 0 Å². The van der Waals surface area contributed by atoms with E-state index in [9.17, 15) is 14.0 Å². The summed E-state index contributed by atoms with van der Waals surface area (Å²) in [4.78, 5) is 29.9. The largest absolute Gasteiger partial charge is 0.365 e. The Kier molecular flexibility index (Phi) is 5.00. The van der Waals surface area contributed by atoms with Crippen LogP contribution in [0.5, 0.6) is 0 Å². The van der Waals surface area contributed by atoms with Crippen LogP contribution in [0.15, 0.2) is 42.5 Å². The number of benzene rings is 2. The molecule has 2 aromatic carbocycles. The van der Waals surface area contributed by atoms with Crippen LogP contribution in [0.4, 0.5) is 31.0 Å². The van der Waals surface area contributed by atoms with Gasteiger partial charge in [-0.3, -0.25) is 0 Å². The van der Waals surface area contributed by atoms with Crippen molar-refractivity contribution < 1.29 is 14.0 Å². The SMILES string of the molecule is CC1CN(c2ccccc2F)CCN1C(=O)Nc1ccc2c(c1)CN(C)C(=O)N2. The first-order valence-corrected chi connectivity index (χ1v) is 9.64. The van der Waals surface area contributed by atoms with Gasteiger partial charge in [-0.05, 0) is 42.8 Å². The molecule has 0 saturated carbocycles. The molecule has 8 heteroatoms. The Bertz CT molecular complexity index is 950. The van der Waals surface area contributed by atoms with E-state index >= 15 is 0 Å². The minimum atomic E-state index is -0.247. The zero-order valence-corrected chi connectivity index (χ0v) is 16.5. The Balaban J connectivity index is 1.41. The highest BCUT2D eigenvalue weighted by Gasteiger charge is 2.29. The predicted octanol–water partition coefficient (Wildman–Crippen LogP) is 3.55. The van der Waals surface area contributed by atoms with Crippen molar-refractivity contribution in [3.05, 3.63) is 53.8 Å². The van der Waals surface area contributed by atoms with Crippen molar-refractivity contribution >= 4 is 29.1 Å². The first kappa shape index (κ1) is 19.0. The zero-order valence-electron chi connectivity index (χ0n) is 16.5. The van der Waals surface area contributed by atoms with Crippen molar-refractivity contribution in [2.75, 3.05) is 42.2 Å². The second-order valence-corrected chi connectivity index (χ2v) is 7.53. The Labute approximate surface area is 169 Å². The molecule has 152 valence electrons. The van der Waals surface area contributed by atoms with E-state index in [1.165, 1.54) is 6.07 Å². The van der Waals surface area contributed by atoms with Gasteiger partial charge in [0.1, 0.15) is 5.82 Å². The number of urea groups is 2. The average molecular weight is 397 g/mol. The predicted molar refractivity (Wildman–Crippen MR) is 111 cm³/mol. The molecule has 7 nitrogen and oxygen atoms in total. The molecule has 2 aliphatic heterocycles. The van der Waals surface area contributed by atoms with Crippen LogP contribution in [0.1, 0.15) is 12.5 Å². The summed E-state index contributed by atoms with van der Waals surface area (Å²) in [5.74, 6) is -0.247. The van der Waals surface area contributed by atoms with Crippen LogP contribution < -0.4 is 15.5 Å². The molecule has 0 aliphatic carbocycles. The lowest BCUT2D eigenvalue weighted by molar-refractivity contribution is 0.184. The van der Waals surface area contributed by atoms with Gasteiger partial charge in [-0.25, -0.2) is 14.0 Å². The van der Waals surface area contributed by atoms with Gasteiger partial charge in [0.15, 0.2) is 0 Å². The standard InChI is InChI=1S/C21H24FN5O2/c1-14-12-26(19-6-4-3-5-17(19)22)9-10-27(14)21(29)23-16-7-8-18-15(11-16)13-25(2)20(28)24-18/h3-8,11,14H,9-10,12-13H2,1-2H3,(H,23,29)(H,24,28). The fourth-order valence-electron chi connectivity index (χ4n) is 3.84. The third-order valence-electron chi connectivity index (χ3n) is 5.43. The molecule has 1 atom stereocenters. The van der Waals surface area contributed by atoms with E-state index in [1.807, 2.05) is 24.0 Å². The number of carbonyl (C=O) groups is 2. The molecule has 0 radical (unpaired) electrons. The minimum Gasteiger partial charge on any atom is -0.365 e. The van der Waals surface area contributed by atoms with E-state index in [-0.39, 0.29) is 23.9 Å². The number of piperazine rings is 1. The Hall–Kier alpha value is -3.29. The molecule has 1 saturated heterocycles. The fraction of sp³-hybridized carbons (Fsp3) is 0.333. The fourth-order valence-corrected chi connectivity index (χ4v) is 3.84. The van der Waals surface area contributed by atoms with Crippen molar-refractivity contribution in [2.45, 2.75) is 19.5 Å². The maximum Gasteiger partial charge on any atom is 0.322 e. The van der Waals surface area contributed by atoms with E-state index in [0.29, 0.717) is 37.6 Å². The third kappa shape index (κ3) is 3.83. The second-order valence-electron chi connectivity index (χ2n) is 7.53. The molecule has 0 spiro atoms. The Morgan fingerprint density at radius 2 is 2.00 bits per heavy atom. The number of hydrogen-bond donors (Lipinski definition) is 2. The topological polar surface area (TPSA) is 67.9 Å². The van der Waals surface area contributed by atoms with E-state index in [0.717, 1.165) is 11.3 Å².